The molecule has 0 aliphatic rings. The molecule has 0 saturated heterocycles. The van der Waals surface area contributed by atoms with E-state index < -0.39 is 112 Å². The molecule has 0 amide bonds. The van der Waals surface area contributed by atoms with Gasteiger partial charge in [0.1, 0.15) is 51.7 Å². The molecule has 1 atom stereocenters. The van der Waals surface area contributed by atoms with Gasteiger partial charge in [0.15, 0.2) is 6.29 Å². The highest BCUT2D eigenvalue weighted by molar-refractivity contribution is 5.95. The Morgan fingerprint density at radius 2 is 0.808 bits per heavy atom. The lowest BCUT2D eigenvalue weighted by molar-refractivity contribution is -0.164. The van der Waals surface area contributed by atoms with Gasteiger partial charge in [0.05, 0.1) is 23.1 Å². The van der Waals surface area contributed by atoms with Crippen molar-refractivity contribution in [3.8, 4) is 0 Å². The zero-order valence-corrected chi connectivity index (χ0v) is 28.3. The predicted octanol–water partition coefficient (Wildman–Crippen LogP) is 2.14. The summed E-state index contributed by atoms with van der Waals surface area (Å²) >= 11 is 0. The fourth-order valence-corrected chi connectivity index (χ4v) is 3.62. The Labute approximate surface area is 299 Å². The number of aliphatic hydroxyl groups excluding tert-OH is 1. The molecule has 0 fully saturated rings. The van der Waals surface area contributed by atoms with Crippen molar-refractivity contribution in [2.75, 3.05) is 52.9 Å². The number of rotatable bonds is 25. The zero-order valence-electron chi connectivity index (χ0n) is 28.3. The number of aliphatic hydroxyl groups is 1. The molecule has 1 unspecified atom stereocenters. The quantitative estimate of drug-likeness (QED) is 0.0502. The Kier molecular flexibility index (Phi) is 19.0. The topological polar surface area (TPSA) is 214 Å². The van der Waals surface area contributed by atoms with E-state index in [0.717, 1.165) is 42.5 Å². The van der Waals surface area contributed by atoms with Crippen LogP contribution in [0, 0.1) is 10.8 Å². The molecule has 1 aromatic carbocycles. The zero-order chi connectivity index (χ0) is 39.2. The maximum absolute atomic E-state index is 13.2. The second-order valence-corrected chi connectivity index (χ2v) is 10.7. The lowest BCUT2D eigenvalue weighted by atomic mass is 9.92. The highest BCUT2D eigenvalue weighted by atomic mass is 16.6. The number of hydrogen-bond donors (Lipinski definition) is 1. The monoisotopic (exact) mass is 728 g/mol. The van der Waals surface area contributed by atoms with Gasteiger partial charge in [0.2, 0.25) is 0 Å². The van der Waals surface area contributed by atoms with Gasteiger partial charge in [-0.15, -0.1) is 0 Å². The van der Waals surface area contributed by atoms with Crippen LogP contribution in [0.3, 0.4) is 0 Å². The molecule has 16 nitrogen and oxygen atoms in total. The van der Waals surface area contributed by atoms with E-state index in [1.807, 2.05) is 0 Å². The van der Waals surface area contributed by atoms with Gasteiger partial charge < -0.3 is 43.0 Å². The summed E-state index contributed by atoms with van der Waals surface area (Å²) in [5, 5.41) is 9.88. The minimum atomic E-state index is -1.61. The summed E-state index contributed by atoms with van der Waals surface area (Å²) in [5.74, 6) is -6.35. The van der Waals surface area contributed by atoms with Gasteiger partial charge in [-0.3, -0.25) is 0 Å². The van der Waals surface area contributed by atoms with Gasteiger partial charge in [-0.25, -0.2) is 33.6 Å². The average molecular weight is 729 g/mol. The molecule has 0 spiro atoms. The number of benzene rings is 1. The van der Waals surface area contributed by atoms with E-state index in [2.05, 4.69) is 39.5 Å². The highest BCUT2D eigenvalue weighted by Crippen LogP contribution is 2.24. The second-order valence-electron chi connectivity index (χ2n) is 10.7. The van der Waals surface area contributed by atoms with E-state index in [-0.39, 0.29) is 11.1 Å². The molecule has 280 valence electrons. The van der Waals surface area contributed by atoms with Gasteiger partial charge in [-0.05, 0) is 24.3 Å². The largest absolute Gasteiger partial charge is 0.462 e. The van der Waals surface area contributed by atoms with Crippen molar-refractivity contribution < 1.29 is 76.6 Å². The Morgan fingerprint density at radius 1 is 0.519 bits per heavy atom. The van der Waals surface area contributed by atoms with Crippen LogP contribution in [-0.2, 0) is 61.9 Å². The first kappa shape index (κ1) is 43.9. The van der Waals surface area contributed by atoms with E-state index in [4.69, 9.17) is 37.9 Å². The summed E-state index contributed by atoms with van der Waals surface area (Å²) < 4.78 is 41.8. The van der Waals surface area contributed by atoms with Crippen LogP contribution in [0.25, 0.3) is 0 Å². The molecule has 0 aliphatic heterocycles. The van der Waals surface area contributed by atoms with Gasteiger partial charge >= 0.3 is 41.8 Å². The molecular weight excluding hydrogens is 688 g/mol. The van der Waals surface area contributed by atoms with Gasteiger partial charge in [0, 0.05) is 30.4 Å². The average Bonchev–Trinajstić information content (AvgIpc) is 3.18. The predicted molar refractivity (Wildman–Crippen MR) is 180 cm³/mol. The van der Waals surface area contributed by atoms with E-state index in [1.54, 1.807) is 0 Å². The Bertz CT molecular complexity index is 1440. The number of carbonyl (C=O) groups excluding carboxylic acids is 7. The van der Waals surface area contributed by atoms with Crippen molar-refractivity contribution >= 4 is 41.8 Å². The second kappa shape index (κ2) is 22.6. The fraction of sp³-hybridized carbons (Fsp3) is 0.306. The smallest absolute Gasteiger partial charge is 0.338 e. The molecule has 1 aromatic rings. The summed E-state index contributed by atoms with van der Waals surface area (Å²) in [5.41, 5.74) is -3.50. The minimum Gasteiger partial charge on any atom is -0.462 e. The van der Waals surface area contributed by atoms with Crippen molar-refractivity contribution in [2.24, 2.45) is 10.8 Å². The summed E-state index contributed by atoms with van der Waals surface area (Å²) in [6.07, 6.45) is 3.88. The molecule has 0 aromatic heterocycles. The van der Waals surface area contributed by atoms with Crippen LogP contribution in [0.5, 0.6) is 0 Å². The number of carbonyl (C=O) groups is 7. The van der Waals surface area contributed by atoms with Crippen molar-refractivity contribution in [3.63, 3.8) is 0 Å². The molecular formula is C36H40O16. The lowest BCUT2D eigenvalue weighted by Crippen LogP contribution is -2.44. The molecule has 52 heavy (non-hydrogen) atoms. The molecule has 1 rings (SSSR count). The summed E-state index contributed by atoms with van der Waals surface area (Å²) in [4.78, 5) is 85.7. The van der Waals surface area contributed by atoms with Crippen LogP contribution in [-0.4, -0.2) is 106 Å². The van der Waals surface area contributed by atoms with Crippen molar-refractivity contribution in [2.45, 2.75) is 6.29 Å². The van der Waals surface area contributed by atoms with Crippen LogP contribution in [0.15, 0.2) is 100 Å². The van der Waals surface area contributed by atoms with Crippen LogP contribution < -0.4 is 0 Å². The number of esters is 7. The van der Waals surface area contributed by atoms with Gasteiger partial charge in [0.25, 0.3) is 0 Å². The Hall–Kier alpha value is -6.13. The third kappa shape index (κ3) is 15.6. The molecule has 16 heteroatoms. The Morgan fingerprint density at radius 3 is 1.10 bits per heavy atom. The van der Waals surface area contributed by atoms with Gasteiger partial charge in [-0.1, -0.05) is 45.5 Å². The number of hydrogen-bond acceptors (Lipinski definition) is 16. The summed E-state index contributed by atoms with van der Waals surface area (Å²) in [7, 11) is 0. The number of ether oxygens (including phenoxy) is 8. The highest BCUT2D eigenvalue weighted by Gasteiger charge is 2.39. The SMILES string of the molecule is C=CC(=O)OCC(COC(=O)C=C)(COC(=O)C=C)COC(=O)c1cccc(C(=O)OCC(COC(=O)C=C)(COC(=O)C=C)COC(O)C=C)c1. The summed E-state index contributed by atoms with van der Waals surface area (Å²) in [6.45, 7) is 15.4. The maximum atomic E-state index is 13.2. The first-order valence-electron chi connectivity index (χ1n) is 15.0. The standard InChI is InChI=1S/C36H40O16/c1-7-27(37)45-17-35(18-46-28(38)8-2,19-47-29(39)9-3)23-51-33(43)25-14-13-15-26(16-25)34(44)52-24-36(20-48-30(40)10-4,21-49-31(41)11-5)22-50-32(42)12-6/h7-16,27,37H,1-6,17-24H2. The molecule has 1 N–H and O–H groups in total. The molecule has 0 bridgehead atoms. The lowest BCUT2D eigenvalue weighted by Gasteiger charge is -2.32. The Balaban J connectivity index is 3.31. The van der Waals surface area contributed by atoms with Crippen LogP contribution in [0.1, 0.15) is 20.7 Å². The first-order chi connectivity index (χ1) is 24.7. The van der Waals surface area contributed by atoms with Crippen molar-refractivity contribution in [1.82, 2.24) is 0 Å². The molecule has 0 saturated carbocycles. The normalized spacial score (nSPS) is 11.2. The van der Waals surface area contributed by atoms with E-state index in [1.165, 1.54) is 18.2 Å². The van der Waals surface area contributed by atoms with Crippen molar-refractivity contribution in [3.05, 3.63) is 111 Å². The van der Waals surface area contributed by atoms with Crippen molar-refractivity contribution in [1.29, 1.82) is 0 Å². The first-order valence-corrected chi connectivity index (χ1v) is 15.0. The molecule has 0 radical (unpaired) electrons. The minimum absolute atomic E-state index is 0.160. The molecule has 0 heterocycles. The maximum Gasteiger partial charge on any atom is 0.338 e. The fourth-order valence-electron chi connectivity index (χ4n) is 3.62. The third-order valence-electron chi connectivity index (χ3n) is 6.55. The van der Waals surface area contributed by atoms with Crippen LogP contribution >= 0.6 is 0 Å². The van der Waals surface area contributed by atoms with E-state index in [0.29, 0.717) is 0 Å². The molecule has 0 aliphatic carbocycles. The summed E-state index contributed by atoms with van der Waals surface area (Å²) in [6, 6.07) is 5.05. The van der Waals surface area contributed by atoms with Crippen LogP contribution in [0.4, 0.5) is 0 Å². The third-order valence-corrected chi connectivity index (χ3v) is 6.55. The van der Waals surface area contributed by atoms with E-state index in [9.17, 15) is 38.7 Å². The van der Waals surface area contributed by atoms with Gasteiger partial charge in [-0.2, -0.15) is 0 Å². The van der Waals surface area contributed by atoms with E-state index >= 15 is 0 Å². The van der Waals surface area contributed by atoms with Crippen LogP contribution in [0.2, 0.25) is 0 Å².